The number of carbonyl (C=O) groups is 1. The van der Waals surface area contributed by atoms with Gasteiger partial charge in [-0.05, 0) is 51.3 Å². The van der Waals surface area contributed by atoms with Gasteiger partial charge < -0.3 is 15.5 Å². The molecule has 0 radical (unpaired) electrons. The summed E-state index contributed by atoms with van der Waals surface area (Å²) in [6.07, 6.45) is 4.22. The maximum Gasteiger partial charge on any atom is 0.257 e. The summed E-state index contributed by atoms with van der Waals surface area (Å²) in [6.45, 7) is 1.81. The molecule has 0 atom stereocenters. The first-order chi connectivity index (χ1) is 11.5. The molecule has 1 heterocycles. The van der Waals surface area contributed by atoms with Crippen LogP contribution < -0.4 is 10.6 Å². The van der Waals surface area contributed by atoms with Gasteiger partial charge in [0, 0.05) is 24.0 Å². The summed E-state index contributed by atoms with van der Waals surface area (Å²) in [5.74, 6) is -0.274. The third-order valence-corrected chi connectivity index (χ3v) is 3.84. The molecule has 1 aromatic carbocycles. The Morgan fingerprint density at radius 3 is 2.71 bits per heavy atom. The molecule has 0 fully saturated rings. The Morgan fingerprint density at radius 1 is 1.21 bits per heavy atom. The second-order valence-electron chi connectivity index (χ2n) is 5.62. The van der Waals surface area contributed by atoms with Gasteiger partial charge in [-0.1, -0.05) is 23.2 Å². The molecular weight excluding hydrogens is 347 g/mol. The van der Waals surface area contributed by atoms with E-state index < -0.39 is 0 Å². The molecule has 2 N–H and O–H groups in total. The molecule has 0 bridgehead atoms. The standard InChI is InChI=1S/C17H20Cl2N4O/c1-23(2)7-3-6-21-14-8-12(10-20-11-14)17(24)22-16-5-4-13(18)9-15(16)19/h4-5,8-11,21H,3,6-7H2,1-2H3,(H,22,24). The zero-order valence-corrected chi connectivity index (χ0v) is 15.2. The third-order valence-electron chi connectivity index (χ3n) is 3.29. The van der Waals surface area contributed by atoms with Crippen LogP contribution in [0.2, 0.25) is 10.0 Å². The number of aromatic nitrogens is 1. The number of nitrogens with zero attached hydrogens (tertiary/aromatic N) is 2. The summed E-state index contributed by atoms with van der Waals surface area (Å²) in [5.41, 5.74) is 1.78. The number of hydrogen-bond donors (Lipinski definition) is 2. The lowest BCUT2D eigenvalue weighted by atomic mass is 10.2. The number of rotatable bonds is 7. The molecule has 0 spiro atoms. The predicted molar refractivity (Wildman–Crippen MR) is 100 cm³/mol. The van der Waals surface area contributed by atoms with E-state index in [2.05, 4.69) is 20.5 Å². The van der Waals surface area contributed by atoms with Crippen molar-refractivity contribution in [1.29, 1.82) is 0 Å². The first kappa shape index (κ1) is 18.5. The van der Waals surface area contributed by atoms with Gasteiger partial charge in [0.25, 0.3) is 5.91 Å². The first-order valence-corrected chi connectivity index (χ1v) is 8.31. The fourth-order valence-electron chi connectivity index (χ4n) is 2.07. The van der Waals surface area contributed by atoms with Crippen molar-refractivity contribution in [2.45, 2.75) is 6.42 Å². The van der Waals surface area contributed by atoms with E-state index in [4.69, 9.17) is 23.2 Å². The van der Waals surface area contributed by atoms with Crippen molar-refractivity contribution in [3.05, 3.63) is 52.3 Å². The molecule has 1 aromatic heterocycles. The molecule has 0 aliphatic rings. The van der Waals surface area contributed by atoms with Gasteiger partial charge in [-0.3, -0.25) is 9.78 Å². The highest BCUT2D eigenvalue weighted by molar-refractivity contribution is 6.36. The number of anilines is 2. The molecule has 5 nitrogen and oxygen atoms in total. The predicted octanol–water partition coefficient (Wildman–Crippen LogP) is 4.00. The Morgan fingerprint density at radius 2 is 2.00 bits per heavy atom. The zero-order valence-electron chi connectivity index (χ0n) is 13.6. The summed E-state index contributed by atoms with van der Waals surface area (Å²) in [6, 6.07) is 6.69. The van der Waals surface area contributed by atoms with E-state index in [-0.39, 0.29) is 5.91 Å². The lowest BCUT2D eigenvalue weighted by Crippen LogP contribution is -2.17. The quantitative estimate of drug-likeness (QED) is 0.727. The zero-order chi connectivity index (χ0) is 17.5. The van der Waals surface area contributed by atoms with Gasteiger partial charge >= 0.3 is 0 Å². The minimum Gasteiger partial charge on any atom is -0.384 e. The molecule has 0 saturated carbocycles. The van der Waals surface area contributed by atoms with Crippen LogP contribution >= 0.6 is 23.2 Å². The Bertz CT molecular complexity index is 707. The van der Waals surface area contributed by atoms with Crippen LogP contribution in [0.3, 0.4) is 0 Å². The number of hydrogen-bond acceptors (Lipinski definition) is 4. The number of carbonyl (C=O) groups excluding carboxylic acids is 1. The van der Waals surface area contributed by atoms with Crippen LogP contribution in [0.4, 0.5) is 11.4 Å². The Labute approximate surface area is 152 Å². The smallest absolute Gasteiger partial charge is 0.257 e. The largest absolute Gasteiger partial charge is 0.384 e. The van der Waals surface area contributed by atoms with Gasteiger partial charge in [-0.15, -0.1) is 0 Å². The van der Waals surface area contributed by atoms with Crippen molar-refractivity contribution >= 4 is 40.5 Å². The molecular formula is C17H20Cl2N4O. The first-order valence-electron chi connectivity index (χ1n) is 7.56. The van der Waals surface area contributed by atoms with Crippen molar-refractivity contribution in [3.8, 4) is 0 Å². The molecule has 128 valence electrons. The number of halogens is 2. The van der Waals surface area contributed by atoms with E-state index in [1.165, 1.54) is 6.20 Å². The summed E-state index contributed by atoms with van der Waals surface area (Å²) in [5, 5.41) is 6.93. The van der Waals surface area contributed by atoms with Crippen LogP contribution in [-0.2, 0) is 0 Å². The van der Waals surface area contributed by atoms with Crippen LogP contribution in [0.15, 0.2) is 36.7 Å². The van der Waals surface area contributed by atoms with Crippen LogP contribution in [0.5, 0.6) is 0 Å². The Kier molecular flexibility index (Phi) is 6.85. The van der Waals surface area contributed by atoms with Gasteiger partial charge in [-0.2, -0.15) is 0 Å². The third kappa shape index (κ3) is 5.67. The summed E-state index contributed by atoms with van der Waals surface area (Å²) in [4.78, 5) is 18.6. The van der Waals surface area contributed by atoms with Crippen molar-refractivity contribution in [3.63, 3.8) is 0 Å². The maximum atomic E-state index is 12.3. The van der Waals surface area contributed by atoms with Crippen molar-refractivity contribution in [2.24, 2.45) is 0 Å². The van der Waals surface area contributed by atoms with E-state index in [0.717, 1.165) is 25.2 Å². The van der Waals surface area contributed by atoms with Crippen molar-refractivity contribution in [1.82, 2.24) is 9.88 Å². The number of amides is 1. The number of nitrogens with one attached hydrogen (secondary N) is 2. The van der Waals surface area contributed by atoms with Crippen LogP contribution in [0.25, 0.3) is 0 Å². The van der Waals surface area contributed by atoms with E-state index >= 15 is 0 Å². The molecule has 0 aliphatic heterocycles. The van der Waals surface area contributed by atoms with E-state index in [1.54, 1.807) is 30.5 Å². The molecule has 7 heteroatoms. The topological polar surface area (TPSA) is 57.3 Å². The molecule has 0 aliphatic carbocycles. The van der Waals surface area contributed by atoms with Crippen LogP contribution in [0.1, 0.15) is 16.8 Å². The second-order valence-corrected chi connectivity index (χ2v) is 6.47. The molecule has 0 saturated heterocycles. The minimum absolute atomic E-state index is 0.274. The number of pyridine rings is 1. The van der Waals surface area contributed by atoms with Gasteiger partial charge in [0.1, 0.15) is 0 Å². The summed E-state index contributed by atoms with van der Waals surface area (Å²) < 4.78 is 0. The Balaban J connectivity index is 1.98. The lowest BCUT2D eigenvalue weighted by Gasteiger charge is -2.11. The Hall–Kier alpha value is -1.82. The van der Waals surface area contributed by atoms with Crippen molar-refractivity contribution < 1.29 is 4.79 Å². The maximum absolute atomic E-state index is 12.3. The minimum atomic E-state index is -0.274. The summed E-state index contributed by atoms with van der Waals surface area (Å²) >= 11 is 11.9. The number of benzene rings is 1. The van der Waals surface area contributed by atoms with E-state index in [9.17, 15) is 4.79 Å². The highest BCUT2D eigenvalue weighted by Gasteiger charge is 2.10. The summed E-state index contributed by atoms with van der Waals surface area (Å²) in [7, 11) is 4.07. The van der Waals surface area contributed by atoms with Crippen LogP contribution in [-0.4, -0.2) is 43.0 Å². The van der Waals surface area contributed by atoms with Gasteiger partial charge in [0.15, 0.2) is 0 Å². The average Bonchev–Trinajstić information content (AvgIpc) is 2.54. The molecule has 0 unspecified atom stereocenters. The highest BCUT2D eigenvalue weighted by atomic mass is 35.5. The highest BCUT2D eigenvalue weighted by Crippen LogP contribution is 2.25. The lowest BCUT2D eigenvalue weighted by molar-refractivity contribution is 0.102. The van der Waals surface area contributed by atoms with E-state index in [1.807, 2.05) is 14.1 Å². The van der Waals surface area contributed by atoms with E-state index in [0.29, 0.717) is 21.3 Å². The van der Waals surface area contributed by atoms with Gasteiger partial charge in [0.05, 0.1) is 22.0 Å². The fraction of sp³-hybridized carbons (Fsp3) is 0.294. The van der Waals surface area contributed by atoms with Crippen LogP contribution in [0, 0.1) is 0 Å². The van der Waals surface area contributed by atoms with Gasteiger partial charge in [-0.25, -0.2) is 0 Å². The average molecular weight is 367 g/mol. The molecule has 2 rings (SSSR count). The fourth-order valence-corrected chi connectivity index (χ4v) is 2.53. The molecule has 2 aromatic rings. The molecule has 24 heavy (non-hydrogen) atoms. The SMILES string of the molecule is CN(C)CCCNc1cncc(C(=O)Nc2ccc(Cl)cc2Cl)c1. The monoisotopic (exact) mass is 366 g/mol. The molecule has 1 amide bonds. The second kappa shape index (κ2) is 8.87. The normalized spacial score (nSPS) is 10.7. The van der Waals surface area contributed by atoms with Gasteiger partial charge in [0.2, 0.25) is 0 Å². The van der Waals surface area contributed by atoms with Crippen molar-refractivity contribution in [2.75, 3.05) is 37.8 Å².